The summed E-state index contributed by atoms with van der Waals surface area (Å²) in [5, 5.41) is 9.27. The number of rotatable bonds is 3. The standard InChI is InChI=1S/C9H11NO5S/c1-15-9(11)7-3-5-8(6-4-7)10(12)16(2,13)14/h3-6,12H,1-2H3. The minimum atomic E-state index is -3.72. The molecule has 0 aliphatic rings. The first-order valence-electron chi connectivity index (χ1n) is 4.24. The lowest BCUT2D eigenvalue weighted by molar-refractivity contribution is 0.0600. The highest BCUT2D eigenvalue weighted by Gasteiger charge is 2.14. The molecular formula is C9H11NO5S. The maximum Gasteiger partial charge on any atom is 0.337 e. The normalized spacial score (nSPS) is 10.9. The highest BCUT2D eigenvalue weighted by atomic mass is 32.2. The van der Waals surface area contributed by atoms with E-state index in [1.165, 1.54) is 31.4 Å². The minimum absolute atomic E-state index is 0.0511. The number of ether oxygens (including phenoxy) is 1. The molecule has 0 spiro atoms. The number of hydrogen-bond acceptors (Lipinski definition) is 5. The Morgan fingerprint density at radius 1 is 1.31 bits per heavy atom. The summed E-state index contributed by atoms with van der Waals surface area (Å²) in [7, 11) is -2.48. The largest absolute Gasteiger partial charge is 0.465 e. The molecule has 0 amide bonds. The van der Waals surface area contributed by atoms with Crippen LogP contribution in [0.4, 0.5) is 5.69 Å². The quantitative estimate of drug-likeness (QED) is 0.623. The van der Waals surface area contributed by atoms with Gasteiger partial charge in [-0.1, -0.05) is 0 Å². The van der Waals surface area contributed by atoms with Crippen molar-refractivity contribution in [3.05, 3.63) is 29.8 Å². The number of sulfonamides is 1. The third-order valence-electron chi connectivity index (χ3n) is 1.82. The molecule has 1 N–H and O–H groups in total. The molecule has 7 heteroatoms. The second-order valence-corrected chi connectivity index (χ2v) is 4.86. The Hall–Kier alpha value is -1.60. The van der Waals surface area contributed by atoms with Crippen LogP contribution >= 0.6 is 0 Å². The van der Waals surface area contributed by atoms with Crippen molar-refractivity contribution in [1.29, 1.82) is 0 Å². The van der Waals surface area contributed by atoms with E-state index in [4.69, 9.17) is 0 Å². The van der Waals surface area contributed by atoms with E-state index in [-0.39, 0.29) is 15.7 Å². The Labute approximate surface area is 93.1 Å². The second-order valence-electron chi connectivity index (χ2n) is 3.04. The number of esters is 1. The Morgan fingerprint density at radius 3 is 2.19 bits per heavy atom. The van der Waals surface area contributed by atoms with Crippen molar-refractivity contribution in [2.24, 2.45) is 0 Å². The molecule has 0 fully saturated rings. The summed E-state index contributed by atoms with van der Waals surface area (Å²) in [5.41, 5.74) is 0.323. The van der Waals surface area contributed by atoms with Gasteiger partial charge in [0.15, 0.2) is 0 Å². The maximum atomic E-state index is 11.1. The number of carbonyl (C=O) groups is 1. The topological polar surface area (TPSA) is 83.9 Å². The Morgan fingerprint density at radius 2 is 1.81 bits per heavy atom. The lowest BCUT2D eigenvalue weighted by Gasteiger charge is -2.13. The molecule has 0 radical (unpaired) electrons. The zero-order valence-corrected chi connectivity index (χ0v) is 9.56. The summed E-state index contributed by atoms with van der Waals surface area (Å²) < 4.78 is 26.6. The molecule has 0 saturated carbocycles. The second kappa shape index (κ2) is 4.50. The van der Waals surface area contributed by atoms with Crippen LogP contribution < -0.4 is 4.47 Å². The lowest BCUT2D eigenvalue weighted by Crippen LogP contribution is -2.25. The molecule has 0 heterocycles. The van der Waals surface area contributed by atoms with E-state index in [9.17, 15) is 18.4 Å². The van der Waals surface area contributed by atoms with Gasteiger partial charge in [-0.3, -0.25) is 5.21 Å². The Balaban J connectivity index is 3.00. The van der Waals surface area contributed by atoms with E-state index in [0.29, 0.717) is 0 Å². The lowest BCUT2D eigenvalue weighted by atomic mass is 10.2. The summed E-state index contributed by atoms with van der Waals surface area (Å²) in [4.78, 5) is 11.1. The van der Waals surface area contributed by atoms with Gasteiger partial charge in [-0.25, -0.2) is 13.2 Å². The average molecular weight is 245 g/mol. The third kappa shape index (κ3) is 2.71. The van der Waals surface area contributed by atoms with Crippen LogP contribution in [0.3, 0.4) is 0 Å². The highest BCUT2D eigenvalue weighted by molar-refractivity contribution is 7.91. The van der Waals surface area contributed by atoms with Gasteiger partial charge in [-0.2, -0.15) is 0 Å². The number of anilines is 1. The Kier molecular flexibility index (Phi) is 3.51. The van der Waals surface area contributed by atoms with Crippen LogP contribution in [-0.2, 0) is 14.8 Å². The fourth-order valence-electron chi connectivity index (χ4n) is 1.03. The van der Waals surface area contributed by atoms with Gasteiger partial charge in [0.1, 0.15) is 0 Å². The molecule has 1 rings (SSSR count). The number of hydrogen-bond donors (Lipinski definition) is 1. The summed E-state index contributed by atoms with van der Waals surface area (Å²) in [6.07, 6.45) is 0.862. The van der Waals surface area contributed by atoms with E-state index in [1.54, 1.807) is 0 Å². The summed E-state index contributed by atoms with van der Waals surface area (Å²) in [5.74, 6) is -0.532. The van der Waals surface area contributed by atoms with Crippen LogP contribution in [0.2, 0.25) is 0 Å². The van der Waals surface area contributed by atoms with Crippen molar-refractivity contribution < 1.29 is 23.2 Å². The average Bonchev–Trinajstić information content (AvgIpc) is 2.26. The molecule has 1 aromatic rings. The van der Waals surface area contributed by atoms with Gasteiger partial charge in [-0.15, -0.1) is 4.47 Å². The van der Waals surface area contributed by atoms with Crippen molar-refractivity contribution in [2.75, 3.05) is 17.8 Å². The molecular weight excluding hydrogens is 234 g/mol. The van der Waals surface area contributed by atoms with Crippen molar-refractivity contribution in [2.45, 2.75) is 0 Å². The van der Waals surface area contributed by atoms with E-state index < -0.39 is 16.0 Å². The summed E-state index contributed by atoms with van der Waals surface area (Å²) in [6, 6.07) is 5.31. The van der Waals surface area contributed by atoms with Crippen LogP contribution in [0.15, 0.2) is 24.3 Å². The fourth-order valence-corrected chi connectivity index (χ4v) is 1.54. The molecule has 16 heavy (non-hydrogen) atoms. The van der Waals surface area contributed by atoms with Gasteiger partial charge in [-0.05, 0) is 24.3 Å². The molecule has 0 aromatic heterocycles. The van der Waals surface area contributed by atoms with E-state index in [2.05, 4.69) is 4.74 Å². The van der Waals surface area contributed by atoms with Crippen LogP contribution in [0, 0.1) is 0 Å². The molecule has 6 nitrogen and oxygen atoms in total. The van der Waals surface area contributed by atoms with Crippen LogP contribution in [0.5, 0.6) is 0 Å². The highest BCUT2D eigenvalue weighted by Crippen LogP contribution is 2.16. The van der Waals surface area contributed by atoms with Crippen LogP contribution in [0.1, 0.15) is 10.4 Å². The third-order valence-corrected chi connectivity index (χ3v) is 2.66. The maximum absolute atomic E-state index is 11.1. The van der Waals surface area contributed by atoms with Crippen molar-refractivity contribution in [3.63, 3.8) is 0 Å². The molecule has 88 valence electrons. The first kappa shape index (κ1) is 12.5. The minimum Gasteiger partial charge on any atom is -0.465 e. The molecule has 0 bridgehead atoms. The van der Waals surface area contributed by atoms with Gasteiger partial charge in [0.25, 0.3) is 10.0 Å². The number of nitrogens with zero attached hydrogens (tertiary/aromatic N) is 1. The zero-order chi connectivity index (χ0) is 12.3. The SMILES string of the molecule is COC(=O)c1ccc(N(O)S(C)(=O)=O)cc1. The molecule has 0 atom stereocenters. The Bertz CT molecular complexity index is 479. The molecule has 0 unspecified atom stereocenters. The molecule has 0 aliphatic heterocycles. The van der Waals surface area contributed by atoms with Gasteiger partial charge in [0.05, 0.1) is 24.6 Å². The number of carbonyl (C=O) groups excluding carboxylic acids is 1. The van der Waals surface area contributed by atoms with E-state index in [1.807, 2.05) is 0 Å². The molecule has 0 aliphatic carbocycles. The summed E-state index contributed by atoms with van der Waals surface area (Å²) in [6.45, 7) is 0. The number of benzene rings is 1. The van der Waals surface area contributed by atoms with Crippen LogP contribution in [0.25, 0.3) is 0 Å². The van der Waals surface area contributed by atoms with Crippen molar-refractivity contribution in [1.82, 2.24) is 0 Å². The fraction of sp³-hybridized carbons (Fsp3) is 0.222. The van der Waals surface area contributed by atoms with Crippen LogP contribution in [-0.4, -0.2) is 33.0 Å². The predicted octanol–water partition coefficient (Wildman–Crippen LogP) is 0.628. The van der Waals surface area contributed by atoms with Crippen molar-refractivity contribution >= 4 is 21.7 Å². The zero-order valence-electron chi connectivity index (χ0n) is 8.75. The van der Waals surface area contributed by atoms with Crippen molar-refractivity contribution in [3.8, 4) is 0 Å². The summed E-state index contributed by atoms with van der Waals surface area (Å²) >= 11 is 0. The van der Waals surface area contributed by atoms with E-state index >= 15 is 0 Å². The van der Waals surface area contributed by atoms with Gasteiger partial charge in [0, 0.05) is 0 Å². The number of methoxy groups -OCH3 is 1. The smallest absolute Gasteiger partial charge is 0.337 e. The van der Waals surface area contributed by atoms with E-state index in [0.717, 1.165) is 6.26 Å². The van der Waals surface area contributed by atoms with Gasteiger partial charge in [0.2, 0.25) is 0 Å². The first-order chi connectivity index (χ1) is 7.36. The first-order valence-corrected chi connectivity index (χ1v) is 6.08. The molecule has 0 saturated heterocycles. The molecule has 1 aromatic carbocycles. The van der Waals surface area contributed by atoms with Gasteiger partial charge >= 0.3 is 5.97 Å². The predicted molar refractivity (Wildman–Crippen MR) is 56.9 cm³/mol. The van der Waals surface area contributed by atoms with Gasteiger partial charge < -0.3 is 4.74 Å². The monoisotopic (exact) mass is 245 g/mol.